The third-order valence-electron chi connectivity index (χ3n) is 1.86. The summed E-state index contributed by atoms with van der Waals surface area (Å²) in [5, 5.41) is 0. The van der Waals surface area contributed by atoms with Gasteiger partial charge in [0.25, 0.3) is 0 Å². The van der Waals surface area contributed by atoms with Gasteiger partial charge in [0.1, 0.15) is 6.17 Å². The molecule has 1 aromatic carbocycles. The van der Waals surface area contributed by atoms with Crippen LogP contribution in [0.4, 0.5) is 4.39 Å². The predicted molar refractivity (Wildman–Crippen MR) is 58.8 cm³/mol. The molecule has 72 valence electrons. The maximum absolute atomic E-state index is 13.7. The third kappa shape index (κ3) is 2.70. The fourth-order valence-corrected chi connectivity index (χ4v) is 1.11. The van der Waals surface area contributed by atoms with Crippen molar-refractivity contribution in [2.45, 2.75) is 6.17 Å². The first-order chi connectivity index (χ1) is 6.75. The monoisotopic (exact) mass is 188 g/mol. The minimum absolute atomic E-state index is 0.441. The van der Waals surface area contributed by atoms with E-state index in [1.807, 2.05) is 18.2 Å². The Morgan fingerprint density at radius 2 is 1.93 bits per heavy atom. The van der Waals surface area contributed by atoms with Crippen molar-refractivity contribution in [3.63, 3.8) is 0 Å². The maximum atomic E-state index is 13.7. The Labute approximate surface area is 84.1 Å². The van der Waals surface area contributed by atoms with E-state index in [0.717, 1.165) is 0 Å². The Balaban J connectivity index is 2.75. The Morgan fingerprint density at radius 3 is 2.50 bits per heavy atom. The highest BCUT2D eigenvalue weighted by molar-refractivity contribution is 5.31. The van der Waals surface area contributed by atoms with E-state index in [1.165, 1.54) is 0 Å². The molecule has 1 rings (SSSR count). The van der Waals surface area contributed by atoms with Gasteiger partial charge in [0.05, 0.1) is 0 Å². The number of allylic oxidation sites excluding steroid dienone is 4. The molecule has 0 aliphatic heterocycles. The summed E-state index contributed by atoms with van der Waals surface area (Å²) < 4.78 is 13.7. The average molecular weight is 188 g/mol. The van der Waals surface area contributed by atoms with Gasteiger partial charge >= 0.3 is 0 Å². The van der Waals surface area contributed by atoms with Crippen LogP contribution >= 0.6 is 0 Å². The summed E-state index contributed by atoms with van der Waals surface area (Å²) in [6, 6.07) is 8.98. The Morgan fingerprint density at radius 1 is 1.29 bits per heavy atom. The number of rotatable bonds is 4. The summed E-state index contributed by atoms with van der Waals surface area (Å²) in [6.07, 6.45) is 3.78. The molecule has 0 amide bonds. The van der Waals surface area contributed by atoms with Crippen molar-refractivity contribution in [1.82, 2.24) is 0 Å². The molecular weight excluding hydrogens is 175 g/mol. The van der Waals surface area contributed by atoms with Crippen molar-refractivity contribution in [3.05, 3.63) is 72.9 Å². The van der Waals surface area contributed by atoms with E-state index in [1.54, 1.807) is 30.4 Å². The van der Waals surface area contributed by atoms with Crippen molar-refractivity contribution in [2.24, 2.45) is 0 Å². The van der Waals surface area contributed by atoms with Crippen LogP contribution in [0.3, 0.4) is 0 Å². The minimum Gasteiger partial charge on any atom is -0.237 e. The van der Waals surface area contributed by atoms with Gasteiger partial charge in [-0.05, 0) is 11.1 Å². The standard InChI is InChI=1S/C13H13F/c1-3-4-8-11(2)13(14)12-9-6-5-7-10-12/h3-10,13H,1-2H2/b8-4-. The lowest BCUT2D eigenvalue weighted by molar-refractivity contribution is 0.402. The van der Waals surface area contributed by atoms with Crippen molar-refractivity contribution < 1.29 is 4.39 Å². The van der Waals surface area contributed by atoms with E-state index in [0.29, 0.717) is 11.1 Å². The molecule has 1 heteroatoms. The highest BCUT2D eigenvalue weighted by Gasteiger charge is 2.09. The molecule has 0 fully saturated rings. The van der Waals surface area contributed by atoms with Crippen LogP contribution in [0.2, 0.25) is 0 Å². The molecule has 14 heavy (non-hydrogen) atoms. The Bertz CT molecular complexity index is 336. The summed E-state index contributed by atoms with van der Waals surface area (Å²) in [5.74, 6) is 0. The van der Waals surface area contributed by atoms with Gasteiger partial charge in [0, 0.05) is 0 Å². The number of halogens is 1. The first-order valence-corrected chi connectivity index (χ1v) is 4.42. The van der Waals surface area contributed by atoms with Crippen molar-refractivity contribution in [3.8, 4) is 0 Å². The summed E-state index contributed by atoms with van der Waals surface area (Å²) >= 11 is 0. The molecule has 0 aliphatic rings. The maximum Gasteiger partial charge on any atom is 0.150 e. The lowest BCUT2D eigenvalue weighted by atomic mass is 10.0. The number of benzene rings is 1. The molecule has 0 spiro atoms. The largest absolute Gasteiger partial charge is 0.237 e. The van der Waals surface area contributed by atoms with Crippen LogP contribution < -0.4 is 0 Å². The van der Waals surface area contributed by atoms with Gasteiger partial charge < -0.3 is 0 Å². The zero-order valence-corrected chi connectivity index (χ0v) is 7.99. The second-order valence-electron chi connectivity index (χ2n) is 2.94. The minimum atomic E-state index is -1.13. The fraction of sp³-hybridized carbons (Fsp3) is 0.0769. The summed E-state index contributed by atoms with van der Waals surface area (Å²) in [4.78, 5) is 0. The van der Waals surface area contributed by atoms with E-state index >= 15 is 0 Å². The molecule has 0 nitrogen and oxygen atoms in total. The second-order valence-corrected chi connectivity index (χ2v) is 2.94. The molecule has 1 unspecified atom stereocenters. The van der Waals surface area contributed by atoms with Crippen LogP contribution in [0.5, 0.6) is 0 Å². The highest BCUT2D eigenvalue weighted by atomic mass is 19.1. The molecule has 0 heterocycles. The second kappa shape index (κ2) is 5.18. The molecular formula is C13H13F. The van der Waals surface area contributed by atoms with Crippen molar-refractivity contribution >= 4 is 0 Å². The molecule has 0 radical (unpaired) electrons. The molecule has 0 N–H and O–H groups in total. The predicted octanol–water partition coefficient (Wildman–Crippen LogP) is 4.00. The smallest absolute Gasteiger partial charge is 0.150 e. The first-order valence-electron chi connectivity index (χ1n) is 4.42. The normalized spacial score (nSPS) is 12.6. The van der Waals surface area contributed by atoms with E-state index in [-0.39, 0.29) is 0 Å². The van der Waals surface area contributed by atoms with Gasteiger partial charge in [-0.25, -0.2) is 4.39 Å². The van der Waals surface area contributed by atoms with E-state index in [2.05, 4.69) is 13.2 Å². The van der Waals surface area contributed by atoms with Crippen LogP contribution in [0.1, 0.15) is 11.7 Å². The molecule has 0 saturated carbocycles. The molecule has 0 aromatic heterocycles. The lowest BCUT2D eigenvalue weighted by Gasteiger charge is -2.07. The van der Waals surface area contributed by atoms with Crippen molar-refractivity contribution in [1.29, 1.82) is 0 Å². The highest BCUT2D eigenvalue weighted by Crippen LogP contribution is 2.24. The van der Waals surface area contributed by atoms with Gasteiger partial charge in [-0.15, -0.1) is 0 Å². The van der Waals surface area contributed by atoms with Gasteiger partial charge in [-0.3, -0.25) is 0 Å². The third-order valence-corrected chi connectivity index (χ3v) is 1.86. The SMILES string of the molecule is C=C/C=C\C(=C)C(F)c1ccccc1. The van der Waals surface area contributed by atoms with Gasteiger partial charge in [0.2, 0.25) is 0 Å². The van der Waals surface area contributed by atoms with Crippen LogP contribution in [0.25, 0.3) is 0 Å². The zero-order valence-electron chi connectivity index (χ0n) is 7.99. The molecule has 0 aliphatic carbocycles. The molecule has 1 atom stereocenters. The van der Waals surface area contributed by atoms with Crippen LogP contribution in [-0.2, 0) is 0 Å². The quantitative estimate of drug-likeness (QED) is 0.626. The molecule has 0 saturated heterocycles. The first kappa shape index (κ1) is 10.5. The van der Waals surface area contributed by atoms with E-state index in [9.17, 15) is 4.39 Å². The van der Waals surface area contributed by atoms with Crippen LogP contribution in [-0.4, -0.2) is 0 Å². The van der Waals surface area contributed by atoms with Gasteiger partial charge in [-0.2, -0.15) is 0 Å². The molecule has 0 bridgehead atoms. The van der Waals surface area contributed by atoms with Crippen LogP contribution in [0, 0.1) is 0 Å². The van der Waals surface area contributed by atoms with Gasteiger partial charge in [0.15, 0.2) is 0 Å². The van der Waals surface area contributed by atoms with Crippen LogP contribution in [0.15, 0.2) is 67.3 Å². The average Bonchev–Trinajstić information content (AvgIpc) is 2.26. The number of hydrogen-bond donors (Lipinski definition) is 0. The number of hydrogen-bond acceptors (Lipinski definition) is 0. The van der Waals surface area contributed by atoms with E-state index < -0.39 is 6.17 Å². The topological polar surface area (TPSA) is 0 Å². The fourth-order valence-electron chi connectivity index (χ4n) is 1.11. The number of alkyl halides is 1. The summed E-state index contributed by atoms with van der Waals surface area (Å²) in [7, 11) is 0. The Hall–Kier alpha value is -1.63. The summed E-state index contributed by atoms with van der Waals surface area (Å²) in [5.41, 5.74) is 1.07. The summed E-state index contributed by atoms with van der Waals surface area (Å²) in [6.45, 7) is 7.17. The molecule has 1 aromatic rings. The lowest BCUT2D eigenvalue weighted by Crippen LogP contribution is -1.92. The van der Waals surface area contributed by atoms with Gasteiger partial charge in [-0.1, -0.05) is 61.7 Å². The zero-order chi connectivity index (χ0) is 10.4. The van der Waals surface area contributed by atoms with Crippen molar-refractivity contribution in [2.75, 3.05) is 0 Å². The van der Waals surface area contributed by atoms with E-state index in [4.69, 9.17) is 0 Å². The Kier molecular flexibility index (Phi) is 3.86.